The normalized spacial score (nSPS) is 10.3. The molecule has 2 rings (SSSR count). The minimum Gasteiger partial charge on any atom is -0.366 e. The molecule has 1 amide bonds. The molecule has 1 aromatic carbocycles. The van der Waals surface area contributed by atoms with Gasteiger partial charge in [0.05, 0.1) is 16.8 Å². The van der Waals surface area contributed by atoms with Gasteiger partial charge in [0.1, 0.15) is 0 Å². The van der Waals surface area contributed by atoms with Gasteiger partial charge < -0.3 is 5.73 Å². The number of halogens is 1. The smallest absolute Gasteiger partial charge is 0.273 e. The number of primary amides is 1. The van der Waals surface area contributed by atoms with Gasteiger partial charge >= 0.3 is 0 Å². The number of nitrogens with two attached hydrogens (primary N) is 1. The van der Waals surface area contributed by atoms with Crippen LogP contribution in [-0.2, 0) is 0 Å². The molecule has 6 heteroatoms. The summed E-state index contributed by atoms with van der Waals surface area (Å²) in [4.78, 5) is 23.0. The SMILES string of the molecule is Cc1ccc(-c2c(Cl)cn[nH]c2=O)cc1C(N)=O. The van der Waals surface area contributed by atoms with Crippen LogP contribution in [0.15, 0.2) is 29.2 Å². The zero-order valence-corrected chi connectivity index (χ0v) is 10.3. The second-order valence-corrected chi connectivity index (χ2v) is 4.22. The molecular formula is C12H10ClN3O2. The van der Waals surface area contributed by atoms with Crippen molar-refractivity contribution in [1.82, 2.24) is 10.2 Å². The third kappa shape index (κ3) is 2.12. The van der Waals surface area contributed by atoms with Crippen LogP contribution in [0.3, 0.4) is 0 Å². The third-order valence-electron chi connectivity index (χ3n) is 2.60. The number of hydrogen-bond donors (Lipinski definition) is 2. The van der Waals surface area contributed by atoms with Gasteiger partial charge in [-0.05, 0) is 24.1 Å². The minimum absolute atomic E-state index is 0.220. The van der Waals surface area contributed by atoms with Crippen LogP contribution in [0.2, 0.25) is 5.02 Å². The van der Waals surface area contributed by atoms with Crippen LogP contribution in [0.5, 0.6) is 0 Å². The van der Waals surface area contributed by atoms with Crippen LogP contribution in [0.1, 0.15) is 15.9 Å². The van der Waals surface area contributed by atoms with Crippen molar-refractivity contribution in [2.24, 2.45) is 5.73 Å². The minimum atomic E-state index is -0.545. The van der Waals surface area contributed by atoms with E-state index in [-0.39, 0.29) is 10.6 Å². The van der Waals surface area contributed by atoms with Gasteiger partial charge in [-0.15, -0.1) is 0 Å². The second-order valence-electron chi connectivity index (χ2n) is 3.82. The summed E-state index contributed by atoms with van der Waals surface area (Å²) in [6, 6.07) is 4.97. The molecule has 18 heavy (non-hydrogen) atoms. The number of carbonyl (C=O) groups is 1. The molecule has 92 valence electrons. The van der Waals surface area contributed by atoms with E-state index in [0.29, 0.717) is 11.1 Å². The lowest BCUT2D eigenvalue weighted by Gasteiger charge is -2.06. The van der Waals surface area contributed by atoms with Crippen LogP contribution in [0.4, 0.5) is 0 Å². The van der Waals surface area contributed by atoms with Crippen molar-refractivity contribution in [3.63, 3.8) is 0 Å². The van der Waals surface area contributed by atoms with Crippen molar-refractivity contribution in [2.45, 2.75) is 6.92 Å². The first-order valence-electron chi connectivity index (χ1n) is 5.14. The van der Waals surface area contributed by atoms with Crippen molar-refractivity contribution in [3.8, 4) is 11.1 Å². The van der Waals surface area contributed by atoms with E-state index in [4.69, 9.17) is 17.3 Å². The molecule has 0 atom stereocenters. The first-order valence-corrected chi connectivity index (χ1v) is 5.52. The first-order chi connectivity index (χ1) is 8.50. The van der Waals surface area contributed by atoms with E-state index in [1.54, 1.807) is 25.1 Å². The number of benzene rings is 1. The van der Waals surface area contributed by atoms with E-state index < -0.39 is 11.5 Å². The summed E-state index contributed by atoms with van der Waals surface area (Å²) < 4.78 is 0. The topological polar surface area (TPSA) is 88.8 Å². The van der Waals surface area contributed by atoms with E-state index in [1.807, 2.05) is 0 Å². The summed E-state index contributed by atoms with van der Waals surface area (Å²) in [7, 11) is 0. The van der Waals surface area contributed by atoms with Crippen LogP contribution in [0.25, 0.3) is 11.1 Å². The predicted molar refractivity (Wildman–Crippen MR) is 68.6 cm³/mol. The van der Waals surface area contributed by atoms with E-state index in [9.17, 15) is 9.59 Å². The molecule has 0 saturated heterocycles. The zero-order chi connectivity index (χ0) is 13.3. The highest BCUT2D eigenvalue weighted by Gasteiger charge is 2.12. The molecule has 0 aliphatic rings. The number of nitrogens with one attached hydrogen (secondary N) is 1. The largest absolute Gasteiger partial charge is 0.366 e. The number of hydrogen-bond acceptors (Lipinski definition) is 3. The lowest BCUT2D eigenvalue weighted by Crippen LogP contribution is -2.14. The Balaban J connectivity index is 2.69. The molecule has 3 N–H and O–H groups in total. The molecule has 0 spiro atoms. The highest BCUT2D eigenvalue weighted by Crippen LogP contribution is 2.25. The number of aryl methyl sites for hydroxylation is 1. The van der Waals surface area contributed by atoms with Crippen LogP contribution in [0, 0.1) is 6.92 Å². The molecule has 0 saturated carbocycles. The molecule has 1 heterocycles. The number of aromatic amines is 1. The fourth-order valence-electron chi connectivity index (χ4n) is 1.69. The molecule has 0 aliphatic carbocycles. The second kappa shape index (κ2) is 4.62. The van der Waals surface area contributed by atoms with Gasteiger partial charge in [0.2, 0.25) is 5.91 Å². The van der Waals surface area contributed by atoms with E-state index >= 15 is 0 Å². The summed E-state index contributed by atoms with van der Waals surface area (Å²) in [6.07, 6.45) is 1.34. The lowest BCUT2D eigenvalue weighted by molar-refractivity contribution is 0.1000. The molecular weight excluding hydrogens is 254 g/mol. The highest BCUT2D eigenvalue weighted by atomic mass is 35.5. The van der Waals surface area contributed by atoms with Crippen LogP contribution in [-0.4, -0.2) is 16.1 Å². The highest BCUT2D eigenvalue weighted by molar-refractivity contribution is 6.33. The average Bonchev–Trinajstić information content (AvgIpc) is 2.30. The fraction of sp³-hybridized carbons (Fsp3) is 0.0833. The van der Waals surface area contributed by atoms with Gasteiger partial charge in [-0.25, -0.2) is 5.10 Å². The number of H-pyrrole nitrogens is 1. The number of carbonyl (C=O) groups excluding carboxylic acids is 1. The van der Waals surface area contributed by atoms with Gasteiger partial charge in [0.25, 0.3) is 5.56 Å². The monoisotopic (exact) mass is 263 g/mol. The van der Waals surface area contributed by atoms with Gasteiger partial charge in [0.15, 0.2) is 0 Å². The Morgan fingerprint density at radius 1 is 1.44 bits per heavy atom. The molecule has 2 aromatic rings. The van der Waals surface area contributed by atoms with Crippen LogP contribution < -0.4 is 11.3 Å². The summed E-state index contributed by atoms with van der Waals surface area (Å²) in [6.45, 7) is 1.77. The maximum absolute atomic E-state index is 11.7. The zero-order valence-electron chi connectivity index (χ0n) is 9.53. The molecule has 1 aromatic heterocycles. The summed E-state index contributed by atoms with van der Waals surface area (Å²) in [5.41, 5.74) is 6.76. The molecule has 0 fully saturated rings. The van der Waals surface area contributed by atoms with E-state index in [2.05, 4.69) is 10.2 Å². The van der Waals surface area contributed by atoms with E-state index in [0.717, 1.165) is 5.56 Å². The van der Waals surface area contributed by atoms with Gasteiger partial charge in [0, 0.05) is 5.56 Å². The first kappa shape index (κ1) is 12.3. The summed E-state index contributed by atoms with van der Waals surface area (Å²) >= 11 is 5.94. The van der Waals surface area contributed by atoms with Crippen molar-refractivity contribution in [3.05, 3.63) is 50.9 Å². The van der Waals surface area contributed by atoms with Crippen molar-refractivity contribution >= 4 is 17.5 Å². The Bertz CT molecular complexity index is 679. The van der Waals surface area contributed by atoms with Crippen molar-refractivity contribution in [1.29, 1.82) is 0 Å². The lowest BCUT2D eigenvalue weighted by atomic mass is 10.0. The Morgan fingerprint density at radius 2 is 2.17 bits per heavy atom. The van der Waals surface area contributed by atoms with Gasteiger partial charge in [-0.3, -0.25) is 9.59 Å². The molecule has 0 radical (unpaired) electrons. The maximum atomic E-state index is 11.7. The number of rotatable bonds is 2. The Hall–Kier alpha value is -2.14. The summed E-state index contributed by atoms with van der Waals surface area (Å²) in [5.74, 6) is -0.545. The van der Waals surface area contributed by atoms with E-state index in [1.165, 1.54) is 6.20 Å². The van der Waals surface area contributed by atoms with Crippen molar-refractivity contribution < 1.29 is 4.79 Å². The Morgan fingerprint density at radius 3 is 2.78 bits per heavy atom. The van der Waals surface area contributed by atoms with Gasteiger partial charge in [-0.1, -0.05) is 23.7 Å². The van der Waals surface area contributed by atoms with Crippen LogP contribution >= 0.6 is 11.6 Å². The average molecular weight is 264 g/mol. The predicted octanol–water partition coefficient (Wildman–Crippen LogP) is 1.50. The number of aromatic nitrogens is 2. The Kier molecular flexibility index (Phi) is 3.16. The molecule has 0 unspecified atom stereocenters. The fourth-order valence-corrected chi connectivity index (χ4v) is 1.93. The molecule has 5 nitrogen and oxygen atoms in total. The number of amides is 1. The molecule has 0 aliphatic heterocycles. The number of nitrogens with zero attached hydrogens (tertiary/aromatic N) is 1. The summed E-state index contributed by atoms with van der Waals surface area (Å²) in [5, 5.41) is 6.10. The standard InChI is InChI=1S/C12H10ClN3O2/c1-6-2-3-7(4-8(6)11(14)17)10-9(13)5-15-16-12(10)18/h2-5H,1H3,(H2,14,17)(H,16,18). The third-order valence-corrected chi connectivity index (χ3v) is 2.89. The van der Waals surface area contributed by atoms with Crippen molar-refractivity contribution in [2.75, 3.05) is 0 Å². The quantitative estimate of drug-likeness (QED) is 0.860. The maximum Gasteiger partial charge on any atom is 0.273 e. The van der Waals surface area contributed by atoms with Gasteiger partial charge in [-0.2, -0.15) is 5.10 Å². The molecule has 0 bridgehead atoms. The Labute approximate surface area is 108 Å².